The molecule has 11 heteroatoms. The van der Waals surface area contributed by atoms with Crippen LogP contribution in [0.1, 0.15) is 0 Å². The second kappa shape index (κ2) is 15.5. The van der Waals surface area contributed by atoms with Crippen molar-refractivity contribution in [3.05, 3.63) is 36.4 Å². The molecule has 10 nitrogen and oxygen atoms in total. The number of carbonyl (C=O) groups is 2. The number of benzene rings is 1. The van der Waals surface area contributed by atoms with Gasteiger partial charge in [-0.1, -0.05) is 6.07 Å². The van der Waals surface area contributed by atoms with Crippen molar-refractivity contribution < 1.29 is 49.0 Å². The maximum atomic E-state index is 11.4. The molecule has 0 aliphatic heterocycles. The minimum Gasteiger partial charge on any atom is -0.491 e. The Balaban J connectivity index is 2.32. The summed E-state index contributed by atoms with van der Waals surface area (Å²) in [5.74, 6) is 0.00892. The molecule has 3 unspecified atom stereocenters. The van der Waals surface area contributed by atoms with Gasteiger partial charge in [-0.05, 0) is 12.1 Å². The molecule has 0 spiro atoms. The van der Waals surface area contributed by atoms with E-state index in [0.29, 0.717) is 23.0 Å². The van der Waals surface area contributed by atoms with Gasteiger partial charge in [0.2, 0.25) is 0 Å². The monoisotopic (exact) mass is 460 g/mol. The van der Waals surface area contributed by atoms with Crippen molar-refractivity contribution in [1.29, 1.82) is 0 Å². The lowest BCUT2D eigenvalue weighted by Crippen LogP contribution is -2.25. The van der Waals surface area contributed by atoms with E-state index in [-0.39, 0.29) is 26.4 Å². The lowest BCUT2D eigenvalue weighted by Gasteiger charge is -2.15. The van der Waals surface area contributed by atoms with Crippen LogP contribution >= 0.6 is 11.8 Å². The summed E-state index contributed by atoms with van der Waals surface area (Å²) in [5, 5.41) is 37.7. The zero-order valence-electron chi connectivity index (χ0n) is 17.1. The van der Waals surface area contributed by atoms with Crippen molar-refractivity contribution in [2.45, 2.75) is 18.3 Å². The van der Waals surface area contributed by atoms with Crippen LogP contribution in [0.25, 0.3) is 0 Å². The molecule has 0 aliphatic rings. The van der Waals surface area contributed by atoms with Crippen LogP contribution in [0.5, 0.6) is 11.5 Å². The highest BCUT2D eigenvalue weighted by Crippen LogP contribution is 2.20. The van der Waals surface area contributed by atoms with Crippen molar-refractivity contribution in [1.82, 2.24) is 0 Å². The summed E-state index contributed by atoms with van der Waals surface area (Å²) in [7, 11) is 1.17. The normalized spacial score (nSPS) is 14.0. The number of carbonyl (C=O) groups excluding carboxylic acids is 2. The first kappa shape index (κ1) is 26.7. The molecule has 0 radical (unpaired) electrons. The maximum absolute atomic E-state index is 11.4. The van der Waals surface area contributed by atoms with Gasteiger partial charge in [0.25, 0.3) is 0 Å². The van der Waals surface area contributed by atoms with E-state index < -0.39 is 30.3 Å². The first-order valence-corrected chi connectivity index (χ1v) is 10.5. The van der Waals surface area contributed by atoms with E-state index in [1.807, 2.05) is 0 Å². The number of thioether (sulfide) groups is 1. The number of methoxy groups -OCH3 is 1. The summed E-state index contributed by atoms with van der Waals surface area (Å²) in [6.45, 7) is -0.765. The Morgan fingerprint density at radius 2 is 1.52 bits per heavy atom. The highest BCUT2D eigenvalue weighted by atomic mass is 32.2. The van der Waals surface area contributed by atoms with E-state index in [2.05, 4.69) is 4.74 Å². The molecule has 0 aromatic heterocycles. The molecule has 174 valence electrons. The Bertz CT molecular complexity index is 696. The van der Waals surface area contributed by atoms with Gasteiger partial charge in [0.15, 0.2) is 0 Å². The molecule has 1 rings (SSSR count). The Kier molecular flexibility index (Phi) is 13.3. The molecule has 31 heavy (non-hydrogen) atoms. The van der Waals surface area contributed by atoms with E-state index in [1.165, 1.54) is 18.9 Å². The van der Waals surface area contributed by atoms with Crippen LogP contribution in [-0.2, 0) is 19.1 Å². The van der Waals surface area contributed by atoms with E-state index in [0.717, 1.165) is 12.2 Å². The van der Waals surface area contributed by atoms with Gasteiger partial charge >= 0.3 is 11.9 Å². The third-order valence-electron chi connectivity index (χ3n) is 3.50. The summed E-state index contributed by atoms with van der Waals surface area (Å²) in [5.41, 5.74) is 0. The van der Waals surface area contributed by atoms with Crippen molar-refractivity contribution in [2.75, 3.05) is 45.0 Å². The summed E-state index contributed by atoms with van der Waals surface area (Å²) in [6, 6.07) is 6.57. The second-order valence-corrected chi connectivity index (χ2v) is 7.34. The minimum absolute atomic E-state index is 0.0311. The number of ether oxygens (including phenoxy) is 4. The Morgan fingerprint density at radius 3 is 2.13 bits per heavy atom. The van der Waals surface area contributed by atoms with Gasteiger partial charge < -0.3 is 39.4 Å². The molecule has 0 bridgehead atoms. The highest BCUT2D eigenvalue weighted by molar-refractivity contribution is 7.99. The van der Waals surface area contributed by atoms with Crippen molar-refractivity contribution >= 4 is 23.7 Å². The number of hydrogen-bond acceptors (Lipinski definition) is 11. The smallest absolute Gasteiger partial charge is 0.331 e. The summed E-state index contributed by atoms with van der Waals surface area (Å²) in [6.07, 6.45) is -0.868. The summed E-state index contributed by atoms with van der Waals surface area (Å²) in [4.78, 5) is 22.3. The van der Waals surface area contributed by atoms with Crippen molar-refractivity contribution in [3.63, 3.8) is 0 Å². The molecule has 4 N–H and O–H groups in total. The standard InChI is InChI=1S/C20H28O10S/c1-27-19(25)5-6-20(26)30-10-15(23)9-28-17-3-2-4-18(7-17)29-11-16(24)13-31-12-14(22)8-21/h2-7,14-16,21-24H,8-13H2,1H3/b6-5+. The molecule has 0 aliphatic carbocycles. The predicted molar refractivity (Wildman–Crippen MR) is 112 cm³/mol. The first-order chi connectivity index (χ1) is 14.8. The Hall–Kier alpha value is -2.31. The lowest BCUT2D eigenvalue weighted by atomic mass is 10.3. The number of aliphatic hydroxyl groups excluding tert-OH is 4. The van der Waals surface area contributed by atoms with E-state index in [9.17, 15) is 24.9 Å². The zero-order valence-corrected chi connectivity index (χ0v) is 17.9. The van der Waals surface area contributed by atoms with Crippen LogP contribution in [0.15, 0.2) is 36.4 Å². The highest BCUT2D eigenvalue weighted by Gasteiger charge is 2.11. The number of rotatable bonds is 15. The fraction of sp³-hybridized carbons (Fsp3) is 0.500. The van der Waals surface area contributed by atoms with Crippen LogP contribution in [0.3, 0.4) is 0 Å². The van der Waals surface area contributed by atoms with E-state index in [1.54, 1.807) is 24.3 Å². The fourth-order valence-electron chi connectivity index (χ4n) is 1.96. The van der Waals surface area contributed by atoms with Gasteiger partial charge in [0.1, 0.15) is 37.4 Å². The fourth-order valence-corrected chi connectivity index (χ4v) is 2.84. The molecule has 3 atom stereocenters. The van der Waals surface area contributed by atoms with Crippen molar-refractivity contribution in [3.8, 4) is 11.5 Å². The third-order valence-corrected chi connectivity index (χ3v) is 4.74. The van der Waals surface area contributed by atoms with Gasteiger partial charge in [0, 0.05) is 29.7 Å². The second-order valence-electron chi connectivity index (χ2n) is 6.26. The minimum atomic E-state index is -1.09. The zero-order chi connectivity index (χ0) is 23.1. The SMILES string of the molecule is COC(=O)/C=C/C(=O)OCC(O)COc1cccc(OCC(O)CSCC(O)CO)c1. The van der Waals surface area contributed by atoms with Crippen LogP contribution in [-0.4, -0.2) is 95.7 Å². The average molecular weight is 461 g/mol. The van der Waals surface area contributed by atoms with Gasteiger partial charge in [0.05, 0.1) is 25.9 Å². The molecule has 1 aromatic rings. The molecular weight excluding hydrogens is 432 g/mol. The molecule has 0 fully saturated rings. The number of hydrogen-bond donors (Lipinski definition) is 4. The van der Waals surface area contributed by atoms with Crippen LogP contribution in [0.4, 0.5) is 0 Å². The van der Waals surface area contributed by atoms with Crippen molar-refractivity contribution in [2.24, 2.45) is 0 Å². The average Bonchev–Trinajstić information content (AvgIpc) is 2.78. The van der Waals surface area contributed by atoms with E-state index >= 15 is 0 Å². The number of esters is 2. The largest absolute Gasteiger partial charge is 0.491 e. The maximum Gasteiger partial charge on any atom is 0.331 e. The topological polar surface area (TPSA) is 152 Å². The van der Waals surface area contributed by atoms with Gasteiger partial charge in [-0.15, -0.1) is 0 Å². The molecule has 0 heterocycles. The quantitative estimate of drug-likeness (QED) is 0.198. The predicted octanol–water partition coefficient (Wildman–Crippen LogP) is -0.475. The van der Waals surface area contributed by atoms with Gasteiger partial charge in [-0.2, -0.15) is 11.8 Å². The van der Waals surface area contributed by atoms with Crippen LogP contribution < -0.4 is 9.47 Å². The Morgan fingerprint density at radius 1 is 0.935 bits per heavy atom. The molecular formula is C20H28O10S. The van der Waals surface area contributed by atoms with E-state index in [4.69, 9.17) is 19.3 Å². The first-order valence-electron chi connectivity index (χ1n) is 9.35. The molecule has 1 aromatic carbocycles. The Labute approximate surface area is 184 Å². The van der Waals surface area contributed by atoms with Crippen LogP contribution in [0, 0.1) is 0 Å². The summed E-state index contributed by atoms with van der Waals surface area (Å²) >= 11 is 1.30. The molecule has 0 saturated heterocycles. The van der Waals surface area contributed by atoms with Gasteiger partial charge in [-0.25, -0.2) is 9.59 Å². The van der Waals surface area contributed by atoms with Gasteiger partial charge in [-0.3, -0.25) is 0 Å². The summed E-state index contributed by atoms with van der Waals surface area (Å²) < 4.78 is 20.1. The number of aliphatic hydroxyl groups is 4. The lowest BCUT2D eigenvalue weighted by molar-refractivity contribution is -0.142. The molecule has 0 saturated carbocycles. The molecule has 0 amide bonds. The van der Waals surface area contributed by atoms with Crippen LogP contribution in [0.2, 0.25) is 0 Å². The third kappa shape index (κ3) is 12.9.